The van der Waals surface area contributed by atoms with Gasteiger partial charge in [0.05, 0.1) is 10.6 Å². The van der Waals surface area contributed by atoms with Crippen LogP contribution in [0.5, 0.6) is 0 Å². The Balaban J connectivity index is 1.74. The zero-order valence-electron chi connectivity index (χ0n) is 16.1. The molecule has 0 spiro atoms. The lowest BCUT2D eigenvalue weighted by Gasteiger charge is -2.11. The first-order valence-electron chi connectivity index (χ1n) is 8.91. The molecule has 0 unspecified atom stereocenters. The molecule has 0 saturated carbocycles. The number of hydrogen-bond donors (Lipinski definition) is 3. The highest BCUT2D eigenvalue weighted by molar-refractivity contribution is 7.92. The third-order valence-corrected chi connectivity index (χ3v) is 5.69. The van der Waals surface area contributed by atoms with Crippen LogP contribution in [0.3, 0.4) is 0 Å². The molecule has 0 heterocycles. The summed E-state index contributed by atoms with van der Waals surface area (Å²) in [5.74, 6) is -1.73. The molecule has 10 heteroatoms. The SMILES string of the molecule is CC(=O)Nc1ccc(NS(=O)(=O)c2ccc(NC(=O)c3ccc(Cl)cc3)c(F)c2)cc1. The molecule has 0 fully saturated rings. The summed E-state index contributed by atoms with van der Waals surface area (Å²) in [5.41, 5.74) is 0.834. The summed E-state index contributed by atoms with van der Waals surface area (Å²) < 4.78 is 41.9. The molecular weight excluding hydrogens is 445 g/mol. The largest absolute Gasteiger partial charge is 0.326 e. The summed E-state index contributed by atoms with van der Waals surface area (Å²) in [6.45, 7) is 1.35. The second kappa shape index (κ2) is 9.15. The van der Waals surface area contributed by atoms with Gasteiger partial charge in [0.25, 0.3) is 15.9 Å². The molecule has 0 aliphatic heterocycles. The minimum Gasteiger partial charge on any atom is -0.326 e. The Hall–Kier alpha value is -3.43. The van der Waals surface area contributed by atoms with Gasteiger partial charge in [0, 0.05) is 28.9 Å². The molecular formula is C21H17ClFN3O4S. The number of nitrogens with one attached hydrogen (secondary N) is 3. The van der Waals surface area contributed by atoms with Crippen LogP contribution in [0.2, 0.25) is 5.02 Å². The number of carbonyl (C=O) groups excluding carboxylic acids is 2. The summed E-state index contributed by atoms with van der Waals surface area (Å²) in [7, 11) is -4.08. The molecule has 3 aromatic rings. The first kappa shape index (κ1) is 22.3. The van der Waals surface area contributed by atoms with Crippen LogP contribution in [0, 0.1) is 5.82 Å². The topological polar surface area (TPSA) is 104 Å². The number of anilines is 3. The average Bonchev–Trinajstić information content (AvgIpc) is 2.71. The van der Waals surface area contributed by atoms with Crippen LogP contribution in [-0.4, -0.2) is 20.2 Å². The summed E-state index contributed by atoms with van der Waals surface area (Å²) in [5, 5.41) is 5.41. The molecule has 3 aromatic carbocycles. The summed E-state index contributed by atoms with van der Waals surface area (Å²) >= 11 is 5.78. The van der Waals surface area contributed by atoms with Crippen LogP contribution < -0.4 is 15.4 Å². The smallest absolute Gasteiger partial charge is 0.261 e. The monoisotopic (exact) mass is 461 g/mol. The van der Waals surface area contributed by atoms with Gasteiger partial charge in [-0.1, -0.05) is 11.6 Å². The standard InChI is InChI=1S/C21H17ClFN3O4S/c1-13(27)24-16-6-8-17(9-7-16)26-31(29,30)18-10-11-20(19(23)12-18)25-21(28)14-2-4-15(22)5-3-14/h2-12,26H,1H3,(H,24,27)(H,25,28). The van der Waals surface area contributed by atoms with E-state index in [4.69, 9.17) is 11.6 Å². The second-order valence-electron chi connectivity index (χ2n) is 6.47. The van der Waals surface area contributed by atoms with Crippen molar-refractivity contribution in [2.45, 2.75) is 11.8 Å². The number of carbonyl (C=O) groups is 2. The van der Waals surface area contributed by atoms with Gasteiger partial charge in [0.1, 0.15) is 5.82 Å². The van der Waals surface area contributed by atoms with Gasteiger partial charge in [-0.2, -0.15) is 0 Å². The summed E-state index contributed by atoms with van der Waals surface area (Å²) in [6, 6.07) is 15.1. The Labute approximate surface area is 183 Å². The van der Waals surface area contributed by atoms with Gasteiger partial charge in [-0.3, -0.25) is 14.3 Å². The van der Waals surface area contributed by atoms with Gasteiger partial charge in [0.15, 0.2) is 0 Å². The molecule has 0 bridgehead atoms. The molecule has 160 valence electrons. The molecule has 3 N–H and O–H groups in total. The van der Waals surface area contributed by atoms with Crippen molar-refractivity contribution in [1.82, 2.24) is 0 Å². The van der Waals surface area contributed by atoms with Crippen molar-refractivity contribution < 1.29 is 22.4 Å². The van der Waals surface area contributed by atoms with E-state index in [1.807, 2.05) is 0 Å². The van der Waals surface area contributed by atoms with E-state index in [9.17, 15) is 22.4 Å². The van der Waals surface area contributed by atoms with Crippen LogP contribution >= 0.6 is 11.6 Å². The number of halogens is 2. The highest BCUT2D eigenvalue weighted by atomic mass is 35.5. The number of sulfonamides is 1. The van der Waals surface area contributed by atoms with E-state index in [-0.39, 0.29) is 27.7 Å². The predicted octanol–water partition coefficient (Wildman–Crippen LogP) is 4.49. The average molecular weight is 462 g/mol. The van der Waals surface area contributed by atoms with E-state index in [1.165, 1.54) is 61.5 Å². The lowest BCUT2D eigenvalue weighted by molar-refractivity contribution is -0.114. The van der Waals surface area contributed by atoms with Gasteiger partial charge in [-0.25, -0.2) is 12.8 Å². The zero-order valence-corrected chi connectivity index (χ0v) is 17.7. The van der Waals surface area contributed by atoms with Crippen molar-refractivity contribution in [3.05, 3.63) is 83.1 Å². The van der Waals surface area contributed by atoms with Gasteiger partial charge in [-0.15, -0.1) is 0 Å². The summed E-state index contributed by atoms with van der Waals surface area (Å²) in [6.07, 6.45) is 0. The Morgan fingerprint density at radius 1 is 0.871 bits per heavy atom. The van der Waals surface area contributed by atoms with E-state index in [2.05, 4.69) is 15.4 Å². The maximum atomic E-state index is 14.5. The number of amides is 2. The molecule has 0 aliphatic rings. The van der Waals surface area contributed by atoms with Crippen molar-refractivity contribution >= 4 is 50.5 Å². The van der Waals surface area contributed by atoms with Crippen LogP contribution in [0.1, 0.15) is 17.3 Å². The molecule has 7 nitrogen and oxygen atoms in total. The van der Waals surface area contributed by atoms with E-state index in [0.717, 1.165) is 12.1 Å². The van der Waals surface area contributed by atoms with Crippen molar-refractivity contribution in [1.29, 1.82) is 0 Å². The maximum Gasteiger partial charge on any atom is 0.261 e. The first-order valence-corrected chi connectivity index (χ1v) is 10.8. The van der Waals surface area contributed by atoms with Gasteiger partial charge >= 0.3 is 0 Å². The van der Waals surface area contributed by atoms with Crippen molar-refractivity contribution in [3.8, 4) is 0 Å². The van der Waals surface area contributed by atoms with Crippen LogP contribution in [0.25, 0.3) is 0 Å². The number of benzene rings is 3. The highest BCUT2D eigenvalue weighted by Crippen LogP contribution is 2.23. The van der Waals surface area contributed by atoms with Crippen molar-refractivity contribution in [2.24, 2.45) is 0 Å². The highest BCUT2D eigenvalue weighted by Gasteiger charge is 2.18. The molecule has 3 rings (SSSR count). The third-order valence-electron chi connectivity index (χ3n) is 4.06. The van der Waals surface area contributed by atoms with Gasteiger partial charge in [0.2, 0.25) is 5.91 Å². The third kappa shape index (κ3) is 5.80. The molecule has 0 atom stereocenters. The fourth-order valence-corrected chi connectivity index (χ4v) is 3.80. The van der Waals surface area contributed by atoms with E-state index < -0.39 is 21.7 Å². The van der Waals surface area contributed by atoms with Gasteiger partial charge in [-0.05, 0) is 66.7 Å². The molecule has 0 saturated heterocycles. The second-order valence-corrected chi connectivity index (χ2v) is 8.59. The zero-order chi connectivity index (χ0) is 22.6. The Bertz CT molecular complexity index is 1230. The lowest BCUT2D eigenvalue weighted by Crippen LogP contribution is -2.15. The molecule has 2 amide bonds. The fourth-order valence-electron chi connectivity index (χ4n) is 2.60. The van der Waals surface area contributed by atoms with Crippen molar-refractivity contribution in [3.63, 3.8) is 0 Å². The molecule has 0 radical (unpaired) electrons. The first-order chi connectivity index (χ1) is 14.6. The quantitative estimate of drug-likeness (QED) is 0.503. The van der Waals surface area contributed by atoms with Crippen LogP contribution in [-0.2, 0) is 14.8 Å². The molecule has 0 aromatic heterocycles. The Morgan fingerprint density at radius 2 is 1.48 bits per heavy atom. The van der Waals surface area contributed by atoms with Crippen molar-refractivity contribution in [2.75, 3.05) is 15.4 Å². The molecule has 31 heavy (non-hydrogen) atoms. The number of hydrogen-bond acceptors (Lipinski definition) is 4. The normalized spacial score (nSPS) is 10.9. The lowest BCUT2D eigenvalue weighted by atomic mass is 10.2. The van der Waals surface area contributed by atoms with Gasteiger partial charge < -0.3 is 10.6 Å². The predicted molar refractivity (Wildman–Crippen MR) is 117 cm³/mol. The summed E-state index contributed by atoms with van der Waals surface area (Å²) in [4.78, 5) is 22.9. The van der Waals surface area contributed by atoms with E-state index in [0.29, 0.717) is 10.7 Å². The fraction of sp³-hybridized carbons (Fsp3) is 0.0476. The maximum absolute atomic E-state index is 14.5. The minimum absolute atomic E-state index is 0.168. The number of rotatable bonds is 6. The minimum atomic E-state index is -4.08. The van der Waals surface area contributed by atoms with Crippen LogP contribution in [0.15, 0.2) is 71.6 Å². The van der Waals surface area contributed by atoms with E-state index >= 15 is 0 Å². The Morgan fingerprint density at radius 3 is 2.06 bits per heavy atom. The Kier molecular flexibility index (Phi) is 6.57. The molecule has 0 aliphatic carbocycles. The van der Waals surface area contributed by atoms with E-state index in [1.54, 1.807) is 0 Å². The van der Waals surface area contributed by atoms with Crippen LogP contribution in [0.4, 0.5) is 21.5 Å².